The number of carboxylic acid groups (broad SMARTS) is 1. The summed E-state index contributed by atoms with van der Waals surface area (Å²) in [6, 6.07) is 0. The van der Waals surface area contributed by atoms with Gasteiger partial charge in [0.1, 0.15) is 0 Å². The zero-order valence-corrected chi connectivity index (χ0v) is 8.19. The first-order chi connectivity index (χ1) is 6.54. The Morgan fingerprint density at radius 3 is 2.79 bits per heavy atom. The minimum absolute atomic E-state index is 0.0605. The van der Waals surface area contributed by atoms with Gasteiger partial charge in [0.25, 0.3) is 0 Å². The van der Waals surface area contributed by atoms with Gasteiger partial charge in [-0.15, -0.1) is 0 Å². The zero-order chi connectivity index (χ0) is 10.6. The van der Waals surface area contributed by atoms with Crippen LogP contribution in [0, 0.1) is 5.41 Å². The Morgan fingerprint density at radius 1 is 1.50 bits per heavy atom. The van der Waals surface area contributed by atoms with Gasteiger partial charge >= 0.3 is 5.97 Å². The molecule has 0 radical (unpaired) electrons. The van der Waals surface area contributed by atoms with Crippen LogP contribution >= 0.6 is 0 Å². The van der Waals surface area contributed by atoms with E-state index >= 15 is 0 Å². The second-order valence-corrected chi connectivity index (χ2v) is 3.75. The largest absolute Gasteiger partial charge is 0.481 e. The van der Waals surface area contributed by atoms with Crippen molar-refractivity contribution in [3.63, 3.8) is 0 Å². The number of hydrogen-bond donors (Lipinski definition) is 1. The maximum Gasteiger partial charge on any atom is 0.303 e. The van der Waals surface area contributed by atoms with Crippen LogP contribution in [0.3, 0.4) is 0 Å². The summed E-state index contributed by atoms with van der Waals surface area (Å²) in [5.74, 6) is -0.748. The number of allylic oxidation sites excluding steroid dienone is 4. The highest BCUT2D eigenvalue weighted by atomic mass is 16.4. The van der Waals surface area contributed by atoms with E-state index in [-0.39, 0.29) is 12.2 Å². The normalized spacial score (nSPS) is 25.4. The highest BCUT2D eigenvalue weighted by molar-refractivity contribution is 5.97. The van der Waals surface area contributed by atoms with Gasteiger partial charge in [0.2, 0.25) is 0 Å². The first kappa shape index (κ1) is 10.7. The van der Waals surface area contributed by atoms with Gasteiger partial charge < -0.3 is 5.11 Å². The molecule has 1 N–H and O–H groups in total. The summed E-state index contributed by atoms with van der Waals surface area (Å²) in [4.78, 5) is 21.8. The Kier molecular flexibility index (Phi) is 3.23. The van der Waals surface area contributed by atoms with Crippen molar-refractivity contribution in [3.8, 4) is 0 Å². The molecule has 3 heteroatoms. The van der Waals surface area contributed by atoms with Gasteiger partial charge in [-0.3, -0.25) is 9.59 Å². The van der Waals surface area contributed by atoms with Crippen LogP contribution in [0.25, 0.3) is 0 Å². The zero-order valence-electron chi connectivity index (χ0n) is 8.19. The minimum Gasteiger partial charge on any atom is -0.481 e. The molecule has 0 aromatic rings. The summed E-state index contributed by atoms with van der Waals surface area (Å²) in [5.41, 5.74) is -0.496. The van der Waals surface area contributed by atoms with E-state index in [1.165, 1.54) is 0 Å². The van der Waals surface area contributed by atoms with Crippen LogP contribution < -0.4 is 0 Å². The first-order valence-electron chi connectivity index (χ1n) is 4.67. The van der Waals surface area contributed by atoms with Crippen molar-refractivity contribution in [2.45, 2.75) is 26.2 Å². The van der Waals surface area contributed by atoms with Crippen molar-refractivity contribution < 1.29 is 14.7 Å². The van der Waals surface area contributed by atoms with E-state index in [1.54, 1.807) is 12.2 Å². The fraction of sp³-hybridized carbons (Fsp3) is 0.455. The van der Waals surface area contributed by atoms with Crippen molar-refractivity contribution in [1.82, 2.24) is 0 Å². The van der Waals surface area contributed by atoms with Crippen LogP contribution in [0.2, 0.25) is 0 Å². The van der Waals surface area contributed by atoms with E-state index < -0.39 is 11.4 Å². The van der Waals surface area contributed by atoms with Crippen molar-refractivity contribution in [2.24, 2.45) is 5.41 Å². The van der Waals surface area contributed by atoms with Crippen LogP contribution in [0.1, 0.15) is 26.2 Å². The fourth-order valence-electron chi connectivity index (χ4n) is 1.50. The second kappa shape index (κ2) is 4.22. The first-order valence-corrected chi connectivity index (χ1v) is 4.67. The quantitative estimate of drug-likeness (QED) is 0.744. The molecule has 1 unspecified atom stereocenters. The van der Waals surface area contributed by atoms with Crippen LogP contribution in [-0.4, -0.2) is 16.9 Å². The molecule has 0 fully saturated rings. The Hall–Kier alpha value is -1.38. The molecule has 0 saturated carbocycles. The summed E-state index contributed by atoms with van der Waals surface area (Å²) in [6.45, 7) is 1.84. The number of hydrogen-bond acceptors (Lipinski definition) is 2. The van der Waals surface area contributed by atoms with Crippen LogP contribution in [-0.2, 0) is 9.59 Å². The molecule has 14 heavy (non-hydrogen) atoms. The SMILES string of the molecule is CC1(CCCC(=O)O)C=CC=CC1=O. The lowest BCUT2D eigenvalue weighted by atomic mass is 9.78. The van der Waals surface area contributed by atoms with Gasteiger partial charge in [-0.25, -0.2) is 0 Å². The van der Waals surface area contributed by atoms with Gasteiger partial charge in [0.05, 0.1) is 0 Å². The lowest BCUT2D eigenvalue weighted by Crippen LogP contribution is -2.25. The van der Waals surface area contributed by atoms with Gasteiger partial charge in [-0.1, -0.05) is 18.2 Å². The molecule has 1 rings (SSSR count). The Labute approximate surface area is 83.1 Å². The molecular formula is C11H14O3. The summed E-state index contributed by atoms with van der Waals surface area (Å²) < 4.78 is 0. The van der Waals surface area contributed by atoms with E-state index in [0.29, 0.717) is 12.8 Å². The standard InChI is InChI=1S/C11H14O3/c1-11(8-4-6-10(13)14)7-3-2-5-9(11)12/h2-3,5,7H,4,6,8H2,1H3,(H,13,14). The average molecular weight is 194 g/mol. The monoisotopic (exact) mass is 194 g/mol. The average Bonchev–Trinajstić information content (AvgIpc) is 2.10. The van der Waals surface area contributed by atoms with Crippen LogP contribution in [0.15, 0.2) is 24.3 Å². The summed E-state index contributed by atoms with van der Waals surface area (Å²) in [5, 5.41) is 8.48. The Bertz CT molecular complexity index is 302. The predicted octanol–water partition coefficient (Wildman–Crippen LogP) is 1.94. The second-order valence-electron chi connectivity index (χ2n) is 3.75. The molecule has 76 valence electrons. The molecule has 0 saturated heterocycles. The van der Waals surface area contributed by atoms with Crippen molar-refractivity contribution in [2.75, 3.05) is 0 Å². The molecule has 1 atom stereocenters. The molecule has 1 aliphatic carbocycles. The predicted molar refractivity (Wildman–Crippen MR) is 52.9 cm³/mol. The molecule has 0 heterocycles. The minimum atomic E-state index is -0.809. The molecule has 3 nitrogen and oxygen atoms in total. The Morgan fingerprint density at radius 2 is 2.21 bits per heavy atom. The molecule has 1 aliphatic rings. The van der Waals surface area contributed by atoms with Gasteiger partial charge in [0, 0.05) is 11.8 Å². The highest BCUT2D eigenvalue weighted by Gasteiger charge is 2.29. The summed E-state index contributed by atoms with van der Waals surface area (Å²) in [6.07, 6.45) is 8.19. The van der Waals surface area contributed by atoms with Crippen LogP contribution in [0.5, 0.6) is 0 Å². The maximum atomic E-state index is 11.5. The number of carboxylic acids is 1. The van der Waals surface area contributed by atoms with E-state index in [2.05, 4.69) is 0 Å². The smallest absolute Gasteiger partial charge is 0.303 e. The fourth-order valence-corrected chi connectivity index (χ4v) is 1.50. The molecule has 0 aromatic carbocycles. The van der Waals surface area contributed by atoms with Gasteiger partial charge in [0.15, 0.2) is 5.78 Å². The molecule has 0 aliphatic heterocycles. The van der Waals surface area contributed by atoms with Crippen molar-refractivity contribution >= 4 is 11.8 Å². The van der Waals surface area contributed by atoms with Crippen LogP contribution in [0.4, 0.5) is 0 Å². The van der Waals surface area contributed by atoms with Crippen molar-refractivity contribution in [3.05, 3.63) is 24.3 Å². The van der Waals surface area contributed by atoms with E-state index in [1.807, 2.05) is 19.1 Å². The third-order valence-electron chi connectivity index (χ3n) is 2.47. The maximum absolute atomic E-state index is 11.5. The number of carbonyl (C=O) groups is 2. The van der Waals surface area contributed by atoms with Gasteiger partial charge in [-0.2, -0.15) is 0 Å². The van der Waals surface area contributed by atoms with E-state index in [0.717, 1.165) is 0 Å². The summed E-state index contributed by atoms with van der Waals surface area (Å²) >= 11 is 0. The van der Waals surface area contributed by atoms with Gasteiger partial charge in [-0.05, 0) is 25.8 Å². The lowest BCUT2D eigenvalue weighted by molar-refractivity contribution is -0.137. The molecule has 0 aromatic heterocycles. The molecule has 0 spiro atoms. The van der Waals surface area contributed by atoms with Crippen molar-refractivity contribution in [1.29, 1.82) is 0 Å². The molecular weight excluding hydrogens is 180 g/mol. The third kappa shape index (κ3) is 2.55. The number of rotatable bonds is 4. The highest BCUT2D eigenvalue weighted by Crippen LogP contribution is 2.29. The Balaban J connectivity index is 2.50. The van der Waals surface area contributed by atoms with E-state index in [9.17, 15) is 9.59 Å². The molecule has 0 amide bonds. The number of ketones is 1. The topological polar surface area (TPSA) is 54.4 Å². The number of carbonyl (C=O) groups excluding carboxylic acids is 1. The lowest BCUT2D eigenvalue weighted by Gasteiger charge is -2.24. The van der Waals surface area contributed by atoms with E-state index in [4.69, 9.17) is 5.11 Å². The molecule has 0 bridgehead atoms. The summed E-state index contributed by atoms with van der Waals surface area (Å²) in [7, 11) is 0. The third-order valence-corrected chi connectivity index (χ3v) is 2.47. The number of aliphatic carboxylic acids is 1.